The number of hydrogen-bond acceptors (Lipinski definition) is 6. The van der Waals surface area contributed by atoms with Crippen molar-refractivity contribution in [2.24, 2.45) is 0 Å². The molecule has 0 amide bonds. The fraction of sp³-hybridized carbons (Fsp3) is 0.0667. The summed E-state index contributed by atoms with van der Waals surface area (Å²) in [5.41, 5.74) is 1.23. The van der Waals surface area contributed by atoms with Gasteiger partial charge in [-0.2, -0.15) is 9.78 Å². The van der Waals surface area contributed by atoms with E-state index in [1.54, 1.807) is 18.3 Å². The van der Waals surface area contributed by atoms with E-state index in [1.807, 2.05) is 0 Å². The predicted molar refractivity (Wildman–Crippen MR) is 79.8 cm³/mol. The maximum atomic E-state index is 11.3. The second-order valence-corrected chi connectivity index (χ2v) is 4.58. The van der Waals surface area contributed by atoms with E-state index in [0.717, 1.165) is 4.68 Å². The van der Waals surface area contributed by atoms with Crippen molar-refractivity contribution in [3.05, 3.63) is 48.5 Å². The molecular weight excluding hydrogens is 300 g/mol. The van der Waals surface area contributed by atoms with Crippen LogP contribution >= 0.6 is 0 Å². The van der Waals surface area contributed by atoms with Crippen LogP contribution in [-0.2, 0) is 0 Å². The Labute approximate surface area is 130 Å². The van der Waals surface area contributed by atoms with Gasteiger partial charge in [0.05, 0.1) is 24.6 Å². The maximum absolute atomic E-state index is 11.3. The summed E-state index contributed by atoms with van der Waals surface area (Å²) in [7, 11) is 1.49. The van der Waals surface area contributed by atoms with Crippen LogP contribution in [0.4, 0.5) is 0 Å². The molecule has 8 heteroatoms. The maximum Gasteiger partial charge on any atom is 0.339 e. The highest BCUT2D eigenvalue weighted by molar-refractivity contribution is 5.91. The molecular formula is C15H12N4O4. The van der Waals surface area contributed by atoms with Gasteiger partial charge in [0.15, 0.2) is 0 Å². The van der Waals surface area contributed by atoms with Gasteiger partial charge in [-0.3, -0.25) is 4.98 Å². The summed E-state index contributed by atoms with van der Waals surface area (Å²) in [5.74, 6) is -0.952. The van der Waals surface area contributed by atoms with Gasteiger partial charge in [0.1, 0.15) is 5.56 Å². The minimum atomic E-state index is -1.16. The summed E-state index contributed by atoms with van der Waals surface area (Å²) < 4.78 is 6.20. The normalized spacial score (nSPS) is 10.5. The van der Waals surface area contributed by atoms with Gasteiger partial charge in [-0.05, 0) is 17.7 Å². The SMILES string of the molecule is COc1cc(-c2cnn(-c3ccncc3C(=O)O)c2O)ccn1. The fourth-order valence-electron chi connectivity index (χ4n) is 2.15. The molecule has 0 aliphatic carbocycles. The molecule has 0 saturated heterocycles. The van der Waals surface area contributed by atoms with E-state index in [0.29, 0.717) is 17.0 Å². The zero-order valence-corrected chi connectivity index (χ0v) is 12.0. The average molecular weight is 312 g/mol. The van der Waals surface area contributed by atoms with Gasteiger partial charge in [-0.1, -0.05) is 0 Å². The number of rotatable bonds is 4. The van der Waals surface area contributed by atoms with Crippen LogP contribution in [0.15, 0.2) is 43.0 Å². The average Bonchev–Trinajstić information content (AvgIpc) is 2.96. The number of methoxy groups -OCH3 is 1. The van der Waals surface area contributed by atoms with Gasteiger partial charge in [0.2, 0.25) is 11.8 Å². The van der Waals surface area contributed by atoms with Gasteiger partial charge >= 0.3 is 5.97 Å². The smallest absolute Gasteiger partial charge is 0.339 e. The number of aromatic carboxylic acids is 1. The Kier molecular flexibility index (Phi) is 3.63. The number of carboxylic acids is 1. The second-order valence-electron chi connectivity index (χ2n) is 4.58. The van der Waals surface area contributed by atoms with Crippen molar-refractivity contribution in [1.82, 2.24) is 19.7 Å². The van der Waals surface area contributed by atoms with Crippen LogP contribution < -0.4 is 4.74 Å². The molecule has 3 heterocycles. The van der Waals surface area contributed by atoms with Crippen molar-refractivity contribution in [3.8, 4) is 28.6 Å². The number of hydrogen-bond donors (Lipinski definition) is 2. The highest BCUT2D eigenvalue weighted by Crippen LogP contribution is 2.32. The van der Waals surface area contributed by atoms with E-state index in [2.05, 4.69) is 15.1 Å². The lowest BCUT2D eigenvalue weighted by Crippen LogP contribution is -2.06. The predicted octanol–water partition coefficient (Wildman–Crippen LogP) is 1.74. The molecule has 0 fully saturated rings. The molecule has 23 heavy (non-hydrogen) atoms. The molecule has 8 nitrogen and oxygen atoms in total. The van der Waals surface area contributed by atoms with E-state index in [-0.39, 0.29) is 17.1 Å². The molecule has 0 spiro atoms. The zero-order chi connectivity index (χ0) is 16.4. The topological polar surface area (TPSA) is 110 Å². The van der Waals surface area contributed by atoms with Gasteiger partial charge in [0, 0.05) is 24.7 Å². The molecule has 0 saturated carbocycles. The molecule has 2 N–H and O–H groups in total. The van der Waals surface area contributed by atoms with Crippen LogP contribution in [0.25, 0.3) is 16.8 Å². The molecule has 0 aliphatic heterocycles. The van der Waals surface area contributed by atoms with Crippen LogP contribution in [0.2, 0.25) is 0 Å². The first-order valence-electron chi connectivity index (χ1n) is 6.57. The first-order chi connectivity index (χ1) is 11.1. The summed E-state index contributed by atoms with van der Waals surface area (Å²) in [6.07, 6.45) is 5.61. The summed E-state index contributed by atoms with van der Waals surface area (Å²) in [6.45, 7) is 0. The Hall–Kier alpha value is -3.42. The molecule has 3 rings (SSSR count). The quantitative estimate of drug-likeness (QED) is 0.755. The second kappa shape index (κ2) is 5.76. The summed E-state index contributed by atoms with van der Waals surface area (Å²) in [4.78, 5) is 19.1. The number of pyridine rings is 2. The van der Waals surface area contributed by atoms with Crippen LogP contribution in [0.3, 0.4) is 0 Å². The van der Waals surface area contributed by atoms with E-state index in [4.69, 9.17) is 4.74 Å². The number of aromatic hydroxyl groups is 1. The minimum absolute atomic E-state index is 0.0650. The Morgan fingerprint density at radius 3 is 2.83 bits per heavy atom. The largest absolute Gasteiger partial charge is 0.493 e. The Bertz CT molecular complexity index is 875. The van der Waals surface area contributed by atoms with Gasteiger partial charge in [0.25, 0.3) is 0 Å². The lowest BCUT2D eigenvalue weighted by molar-refractivity contribution is 0.0696. The molecule has 3 aromatic rings. The third-order valence-electron chi connectivity index (χ3n) is 3.26. The van der Waals surface area contributed by atoms with Crippen molar-refractivity contribution >= 4 is 5.97 Å². The molecule has 0 atom stereocenters. The van der Waals surface area contributed by atoms with Gasteiger partial charge in [-0.25, -0.2) is 9.78 Å². The Morgan fingerprint density at radius 2 is 2.09 bits per heavy atom. The first kappa shape index (κ1) is 14.5. The number of aromatic nitrogens is 4. The highest BCUT2D eigenvalue weighted by atomic mass is 16.5. The molecule has 0 aromatic carbocycles. The van der Waals surface area contributed by atoms with E-state index in [1.165, 1.54) is 31.8 Å². The molecule has 0 aliphatic rings. The van der Waals surface area contributed by atoms with Crippen molar-refractivity contribution in [1.29, 1.82) is 0 Å². The van der Waals surface area contributed by atoms with Crippen molar-refractivity contribution in [2.75, 3.05) is 7.11 Å². The molecule has 0 bridgehead atoms. The van der Waals surface area contributed by atoms with E-state index in [9.17, 15) is 15.0 Å². The van der Waals surface area contributed by atoms with Crippen molar-refractivity contribution in [3.63, 3.8) is 0 Å². The first-order valence-corrected chi connectivity index (χ1v) is 6.57. The summed E-state index contributed by atoms with van der Waals surface area (Å²) in [5, 5.41) is 23.7. The van der Waals surface area contributed by atoms with E-state index < -0.39 is 5.97 Å². The Balaban J connectivity index is 2.12. The summed E-state index contributed by atoms with van der Waals surface area (Å²) >= 11 is 0. The lowest BCUT2D eigenvalue weighted by Gasteiger charge is -2.07. The third kappa shape index (κ3) is 2.57. The fourth-order valence-corrected chi connectivity index (χ4v) is 2.15. The number of carboxylic acid groups (broad SMARTS) is 1. The molecule has 0 unspecified atom stereocenters. The third-order valence-corrected chi connectivity index (χ3v) is 3.26. The van der Waals surface area contributed by atoms with Crippen molar-refractivity contribution < 1.29 is 19.7 Å². The van der Waals surface area contributed by atoms with Crippen LogP contribution in [0, 0.1) is 0 Å². The molecule has 116 valence electrons. The number of nitrogens with zero attached hydrogens (tertiary/aromatic N) is 4. The van der Waals surface area contributed by atoms with Crippen LogP contribution in [0.5, 0.6) is 11.8 Å². The van der Waals surface area contributed by atoms with Gasteiger partial charge in [-0.15, -0.1) is 0 Å². The Morgan fingerprint density at radius 1 is 1.26 bits per heavy atom. The van der Waals surface area contributed by atoms with E-state index >= 15 is 0 Å². The number of carbonyl (C=O) groups is 1. The lowest BCUT2D eigenvalue weighted by atomic mass is 10.1. The van der Waals surface area contributed by atoms with Gasteiger partial charge < -0.3 is 14.9 Å². The number of ether oxygens (including phenoxy) is 1. The molecule has 0 radical (unpaired) electrons. The van der Waals surface area contributed by atoms with Crippen LogP contribution in [0.1, 0.15) is 10.4 Å². The standard InChI is InChI=1S/C15H12N4O4/c1-23-13-6-9(2-5-17-13)10-8-18-19(14(10)20)12-3-4-16-7-11(12)15(21)22/h2-8,20H,1H3,(H,21,22). The summed E-state index contributed by atoms with van der Waals surface area (Å²) in [6, 6.07) is 4.80. The zero-order valence-electron chi connectivity index (χ0n) is 12.0. The minimum Gasteiger partial charge on any atom is -0.493 e. The van der Waals surface area contributed by atoms with Crippen LogP contribution in [-0.4, -0.2) is 43.0 Å². The van der Waals surface area contributed by atoms with Crippen molar-refractivity contribution in [2.45, 2.75) is 0 Å². The molecule has 3 aromatic heterocycles. The monoisotopic (exact) mass is 312 g/mol. The highest BCUT2D eigenvalue weighted by Gasteiger charge is 2.18.